The Bertz CT molecular complexity index is 2490. The van der Waals surface area contributed by atoms with Crippen molar-refractivity contribution >= 4 is 32.3 Å². The first-order valence-corrected chi connectivity index (χ1v) is 15.3. The summed E-state index contributed by atoms with van der Waals surface area (Å²) in [7, 11) is 0. The van der Waals surface area contributed by atoms with Gasteiger partial charge in [0.25, 0.3) is 0 Å². The number of rotatable bonds is 5. The highest BCUT2D eigenvalue weighted by atomic mass is 16.3. The summed E-state index contributed by atoms with van der Waals surface area (Å²) in [5, 5.41) is 7.29. The molecule has 0 saturated carbocycles. The third kappa shape index (κ3) is 4.39. The molecule has 0 aliphatic carbocycles. The molecule has 7 aromatic carbocycles. The molecule has 0 aliphatic rings. The van der Waals surface area contributed by atoms with Gasteiger partial charge in [0.2, 0.25) is 0 Å². The monoisotopic (exact) mass is 590 g/mol. The number of oxazole rings is 2. The van der Waals surface area contributed by atoms with E-state index in [4.69, 9.17) is 8.83 Å². The third-order valence-electron chi connectivity index (χ3n) is 8.91. The maximum atomic E-state index is 5.25. The Labute approximate surface area is 265 Å². The second kappa shape index (κ2) is 10.7. The van der Waals surface area contributed by atoms with Gasteiger partial charge >= 0.3 is 0 Å². The fraction of sp³-hybridized carbons (Fsp3) is 0. The zero-order chi connectivity index (χ0) is 30.5. The van der Waals surface area contributed by atoms with E-state index in [2.05, 4.69) is 143 Å². The summed E-state index contributed by atoms with van der Waals surface area (Å²) in [6, 6.07) is 48.1. The number of fused-ring (bicyclic) bond motifs is 3. The fourth-order valence-electron chi connectivity index (χ4n) is 6.67. The number of nitrogens with zero attached hydrogens (tertiary/aromatic N) is 2. The van der Waals surface area contributed by atoms with Gasteiger partial charge in [-0.1, -0.05) is 121 Å². The smallest absolute Gasteiger partial charge is 0.181 e. The highest BCUT2D eigenvalue weighted by Crippen LogP contribution is 2.45. The maximum absolute atomic E-state index is 5.25. The Kier molecular flexibility index (Phi) is 6.10. The average molecular weight is 591 g/mol. The minimum atomic E-state index is 0.823. The molecule has 0 N–H and O–H groups in total. The van der Waals surface area contributed by atoms with Crippen LogP contribution in [0.3, 0.4) is 0 Å². The molecule has 0 radical (unpaired) electrons. The predicted octanol–water partition coefficient (Wildman–Crippen LogP) is 11.5. The van der Waals surface area contributed by atoms with E-state index in [1.165, 1.54) is 67.4 Å². The summed E-state index contributed by atoms with van der Waals surface area (Å²) in [6.07, 6.45) is 6.29. The Hall–Kier alpha value is -6.26. The van der Waals surface area contributed by atoms with Gasteiger partial charge in [0, 0.05) is 11.1 Å². The Balaban J connectivity index is 1.31. The fourth-order valence-corrected chi connectivity index (χ4v) is 6.67. The molecule has 216 valence electrons. The quantitative estimate of drug-likeness (QED) is 0.187. The molecule has 2 heterocycles. The SMILES string of the molecule is c1ccc2cc(-c3ccc4c(-c5ccc(-c6cocn6)cc5)c5ccccc5c(-c5ccc(-c6cocn6)cc5)c4c3)ccc2c1. The molecule has 0 bridgehead atoms. The van der Waals surface area contributed by atoms with Crippen molar-refractivity contribution in [3.63, 3.8) is 0 Å². The van der Waals surface area contributed by atoms with Crippen molar-refractivity contribution < 1.29 is 8.83 Å². The summed E-state index contributed by atoms with van der Waals surface area (Å²) in [5.41, 5.74) is 10.8. The molecule has 46 heavy (non-hydrogen) atoms. The highest BCUT2D eigenvalue weighted by Gasteiger charge is 2.18. The van der Waals surface area contributed by atoms with Crippen molar-refractivity contribution in [1.29, 1.82) is 0 Å². The third-order valence-corrected chi connectivity index (χ3v) is 8.91. The van der Waals surface area contributed by atoms with E-state index in [0.29, 0.717) is 0 Å². The normalized spacial score (nSPS) is 11.5. The van der Waals surface area contributed by atoms with Crippen LogP contribution in [0.5, 0.6) is 0 Å². The lowest BCUT2D eigenvalue weighted by molar-refractivity contribution is 0.558. The van der Waals surface area contributed by atoms with Gasteiger partial charge in [0.15, 0.2) is 12.8 Å². The van der Waals surface area contributed by atoms with Crippen LogP contribution in [0.25, 0.3) is 88.2 Å². The number of hydrogen-bond donors (Lipinski definition) is 0. The van der Waals surface area contributed by atoms with Crippen molar-refractivity contribution in [2.24, 2.45) is 0 Å². The number of benzene rings is 7. The maximum Gasteiger partial charge on any atom is 0.181 e. The first-order chi connectivity index (χ1) is 22.8. The lowest BCUT2D eigenvalue weighted by atomic mass is 9.84. The van der Waals surface area contributed by atoms with E-state index in [1.807, 2.05) is 0 Å². The zero-order valence-electron chi connectivity index (χ0n) is 24.7. The summed E-state index contributed by atoms with van der Waals surface area (Å²) >= 11 is 0. The lowest BCUT2D eigenvalue weighted by Gasteiger charge is -2.19. The topological polar surface area (TPSA) is 52.1 Å². The molecule has 0 amide bonds. The van der Waals surface area contributed by atoms with E-state index in [1.54, 1.807) is 12.5 Å². The van der Waals surface area contributed by atoms with Crippen LogP contribution in [0.1, 0.15) is 0 Å². The van der Waals surface area contributed by atoms with Gasteiger partial charge in [0.1, 0.15) is 23.9 Å². The Morgan fingerprint density at radius 2 is 0.804 bits per heavy atom. The Morgan fingerprint density at radius 1 is 0.348 bits per heavy atom. The highest BCUT2D eigenvalue weighted by molar-refractivity contribution is 6.22. The largest absolute Gasteiger partial charge is 0.451 e. The molecule has 9 rings (SSSR count). The van der Waals surface area contributed by atoms with Gasteiger partial charge < -0.3 is 8.83 Å². The van der Waals surface area contributed by atoms with Crippen LogP contribution in [0.2, 0.25) is 0 Å². The first kappa shape index (κ1) is 26.2. The number of hydrogen-bond acceptors (Lipinski definition) is 4. The van der Waals surface area contributed by atoms with Crippen molar-refractivity contribution in [2.75, 3.05) is 0 Å². The molecule has 0 unspecified atom stereocenters. The number of aromatic nitrogens is 2. The van der Waals surface area contributed by atoms with Gasteiger partial charge in [0.05, 0.1) is 0 Å². The molecule has 0 aliphatic heterocycles. The van der Waals surface area contributed by atoms with E-state index in [-0.39, 0.29) is 0 Å². The molecule has 0 saturated heterocycles. The molecule has 0 spiro atoms. The molecule has 4 heteroatoms. The van der Waals surface area contributed by atoms with Crippen molar-refractivity contribution in [3.8, 4) is 55.9 Å². The summed E-state index contributed by atoms with van der Waals surface area (Å²) in [4.78, 5) is 8.69. The van der Waals surface area contributed by atoms with Crippen LogP contribution in [-0.4, -0.2) is 9.97 Å². The van der Waals surface area contributed by atoms with E-state index in [9.17, 15) is 0 Å². The van der Waals surface area contributed by atoms with Crippen molar-refractivity contribution in [3.05, 3.63) is 159 Å². The Morgan fingerprint density at radius 3 is 1.39 bits per heavy atom. The minimum Gasteiger partial charge on any atom is -0.451 e. The van der Waals surface area contributed by atoms with Crippen LogP contribution < -0.4 is 0 Å². The van der Waals surface area contributed by atoms with Gasteiger partial charge in [-0.2, -0.15) is 0 Å². The molecule has 9 aromatic rings. The molecular formula is C42H26N2O2. The average Bonchev–Trinajstić information content (AvgIpc) is 3.87. The second-order valence-electron chi connectivity index (χ2n) is 11.5. The van der Waals surface area contributed by atoms with E-state index < -0.39 is 0 Å². The van der Waals surface area contributed by atoms with Crippen LogP contribution >= 0.6 is 0 Å². The zero-order valence-corrected chi connectivity index (χ0v) is 24.7. The first-order valence-electron chi connectivity index (χ1n) is 15.3. The second-order valence-corrected chi connectivity index (χ2v) is 11.5. The van der Waals surface area contributed by atoms with E-state index >= 15 is 0 Å². The lowest BCUT2D eigenvalue weighted by Crippen LogP contribution is -1.92. The van der Waals surface area contributed by atoms with Crippen molar-refractivity contribution in [2.45, 2.75) is 0 Å². The molecule has 0 atom stereocenters. The van der Waals surface area contributed by atoms with Gasteiger partial charge in [-0.25, -0.2) is 9.97 Å². The summed E-state index contributed by atoms with van der Waals surface area (Å²) in [5.74, 6) is 0. The molecule has 2 aromatic heterocycles. The molecule has 4 nitrogen and oxygen atoms in total. The van der Waals surface area contributed by atoms with Gasteiger partial charge in [-0.3, -0.25) is 0 Å². The van der Waals surface area contributed by atoms with Crippen LogP contribution in [0.4, 0.5) is 0 Å². The standard InChI is InChI=1S/C42H26N2O2/c1-2-6-32-21-33(18-9-27(32)5-1)34-19-20-37-38(22-34)42(31-16-12-29(13-17-31)40-24-46-26-44-40)36-8-4-3-7-35(36)41(37)30-14-10-28(11-15-30)39-23-45-25-43-39/h1-26H. The van der Waals surface area contributed by atoms with Gasteiger partial charge in [-0.05, 0) is 77.8 Å². The summed E-state index contributed by atoms with van der Waals surface area (Å²) < 4.78 is 10.5. The van der Waals surface area contributed by atoms with Crippen LogP contribution in [0.15, 0.2) is 168 Å². The molecule has 0 fully saturated rings. The predicted molar refractivity (Wildman–Crippen MR) is 186 cm³/mol. The van der Waals surface area contributed by atoms with Crippen LogP contribution in [0, 0.1) is 0 Å². The van der Waals surface area contributed by atoms with Crippen molar-refractivity contribution in [1.82, 2.24) is 9.97 Å². The van der Waals surface area contributed by atoms with Gasteiger partial charge in [-0.15, -0.1) is 0 Å². The van der Waals surface area contributed by atoms with E-state index in [0.717, 1.165) is 33.6 Å². The minimum absolute atomic E-state index is 0.823. The molecular weight excluding hydrogens is 564 g/mol. The van der Waals surface area contributed by atoms with Crippen LogP contribution in [-0.2, 0) is 0 Å². The summed E-state index contributed by atoms with van der Waals surface area (Å²) in [6.45, 7) is 0.